The number of H-pyrrole nitrogens is 1. The van der Waals surface area contributed by atoms with E-state index in [0.717, 1.165) is 30.1 Å². The van der Waals surface area contributed by atoms with E-state index in [1.54, 1.807) is 0 Å². The minimum absolute atomic E-state index is 0.837. The number of aromatic nitrogens is 2. The van der Waals surface area contributed by atoms with Gasteiger partial charge in [0.1, 0.15) is 5.82 Å². The summed E-state index contributed by atoms with van der Waals surface area (Å²) in [7, 11) is 0. The highest BCUT2D eigenvalue weighted by Crippen LogP contribution is 2.18. The molecule has 3 nitrogen and oxygen atoms in total. The molecule has 0 bridgehead atoms. The fourth-order valence-electron chi connectivity index (χ4n) is 2.75. The van der Waals surface area contributed by atoms with E-state index in [1.807, 2.05) is 0 Å². The van der Waals surface area contributed by atoms with Crippen molar-refractivity contribution < 1.29 is 0 Å². The number of aryl methyl sites for hydroxylation is 2. The van der Waals surface area contributed by atoms with Crippen LogP contribution in [0, 0.1) is 5.92 Å². The third kappa shape index (κ3) is 2.41. The van der Waals surface area contributed by atoms with Crippen molar-refractivity contribution in [2.45, 2.75) is 32.6 Å². The van der Waals surface area contributed by atoms with E-state index in [0.29, 0.717) is 0 Å². The minimum Gasteiger partial charge on any atom is -0.342 e. The van der Waals surface area contributed by atoms with E-state index >= 15 is 0 Å². The van der Waals surface area contributed by atoms with Crippen LogP contribution in [0.15, 0.2) is 18.2 Å². The Labute approximate surface area is 108 Å². The number of fused-ring (bicyclic) bond motifs is 1. The molecule has 0 saturated carbocycles. The van der Waals surface area contributed by atoms with Crippen LogP contribution >= 0.6 is 0 Å². The molecule has 1 aromatic carbocycles. The zero-order valence-electron chi connectivity index (χ0n) is 11.0. The van der Waals surface area contributed by atoms with Gasteiger partial charge >= 0.3 is 0 Å². The topological polar surface area (TPSA) is 40.7 Å². The molecule has 1 aliphatic heterocycles. The van der Waals surface area contributed by atoms with Crippen molar-refractivity contribution in [2.75, 3.05) is 13.1 Å². The molecule has 2 N–H and O–H groups in total. The van der Waals surface area contributed by atoms with Crippen LogP contribution in [0.5, 0.6) is 0 Å². The average Bonchev–Trinajstić information content (AvgIpc) is 3.04. The van der Waals surface area contributed by atoms with Crippen molar-refractivity contribution in [3.05, 3.63) is 29.6 Å². The molecule has 2 heterocycles. The van der Waals surface area contributed by atoms with E-state index in [2.05, 4.69) is 40.4 Å². The third-order valence-corrected chi connectivity index (χ3v) is 3.96. The van der Waals surface area contributed by atoms with Crippen LogP contribution in [0.1, 0.15) is 31.2 Å². The van der Waals surface area contributed by atoms with Gasteiger partial charge in [-0.3, -0.25) is 0 Å². The van der Waals surface area contributed by atoms with Crippen molar-refractivity contribution in [2.24, 2.45) is 5.92 Å². The van der Waals surface area contributed by atoms with Gasteiger partial charge in [0, 0.05) is 6.42 Å². The smallest absolute Gasteiger partial charge is 0.107 e. The normalized spacial score (nSPS) is 19.7. The van der Waals surface area contributed by atoms with Gasteiger partial charge in [0.25, 0.3) is 0 Å². The summed E-state index contributed by atoms with van der Waals surface area (Å²) < 4.78 is 0. The summed E-state index contributed by atoms with van der Waals surface area (Å²) in [4.78, 5) is 8.14. The maximum Gasteiger partial charge on any atom is 0.107 e. The lowest BCUT2D eigenvalue weighted by atomic mass is 10.0. The molecule has 18 heavy (non-hydrogen) atoms. The molecule has 1 unspecified atom stereocenters. The molecule has 0 amide bonds. The van der Waals surface area contributed by atoms with Gasteiger partial charge < -0.3 is 10.3 Å². The van der Waals surface area contributed by atoms with Crippen LogP contribution in [0.2, 0.25) is 0 Å². The Morgan fingerprint density at radius 3 is 3.11 bits per heavy atom. The fraction of sp³-hybridized carbons (Fsp3) is 0.533. The highest BCUT2D eigenvalue weighted by atomic mass is 14.9. The maximum atomic E-state index is 4.67. The molecule has 1 atom stereocenters. The van der Waals surface area contributed by atoms with Gasteiger partial charge in [-0.2, -0.15) is 0 Å². The predicted octanol–water partition coefficient (Wildman–Crippen LogP) is 2.67. The Morgan fingerprint density at radius 1 is 1.39 bits per heavy atom. The molecular weight excluding hydrogens is 222 g/mol. The Morgan fingerprint density at radius 2 is 2.33 bits per heavy atom. The van der Waals surface area contributed by atoms with E-state index in [-0.39, 0.29) is 0 Å². The Kier molecular flexibility index (Phi) is 3.33. The largest absolute Gasteiger partial charge is 0.342 e. The van der Waals surface area contributed by atoms with E-state index in [9.17, 15) is 0 Å². The molecule has 2 aromatic rings. The highest BCUT2D eigenvalue weighted by Gasteiger charge is 2.14. The maximum absolute atomic E-state index is 4.67. The lowest BCUT2D eigenvalue weighted by Gasteiger charge is -2.05. The first kappa shape index (κ1) is 11.7. The molecule has 0 radical (unpaired) electrons. The third-order valence-electron chi connectivity index (χ3n) is 3.96. The minimum atomic E-state index is 0.837. The Hall–Kier alpha value is -1.35. The Balaban J connectivity index is 1.72. The monoisotopic (exact) mass is 243 g/mol. The second-order valence-electron chi connectivity index (χ2n) is 5.29. The zero-order valence-corrected chi connectivity index (χ0v) is 11.0. The molecule has 96 valence electrons. The summed E-state index contributed by atoms with van der Waals surface area (Å²) in [6, 6.07) is 6.53. The number of hydrogen-bond acceptors (Lipinski definition) is 2. The van der Waals surface area contributed by atoms with E-state index < -0.39 is 0 Å². The number of benzene rings is 1. The van der Waals surface area contributed by atoms with Gasteiger partial charge in [0.15, 0.2) is 0 Å². The summed E-state index contributed by atoms with van der Waals surface area (Å²) in [5, 5.41) is 3.42. The van der Waals surface area contributed by atoms with Gasteiger partial charge in [-0.1, -0.05) is 13.0 Å². The summed E-state index contributed by atoms with van der Waals surface area (Å²) >= 11 is 0. The Bertz CT molecular complexity index is 524. The van der Waals surface area contributed by atoms with Gasteiger partial charge in [0.2, 0.25) is 0 Å². The van der Waals surface area contributed by atoms with Crippen molar-refractivity contribution in [3.63, 3.8) is 0 Å². The van der Waals surface area contributed by atoms with Crippen LogP contribution in [0.3, 0.4) is 0 Å². The molecule has 1 aliphatic rings. The molecular formula is C15H21N3. The molecule has 3 rings (SSSR count). The number of nitrogens with zero attached hydrogens (tertiary/aromatic N) is 1. The van der Waals surface area contributed by atoms with Crippen LogP contribution in [-0.4, -0.2) is 23.1 Å². The van der Waals surface area contributed by atoms with Gasteiger partial charge in [0.05, 0.1) is 11.0 Å². The van der Waals surface area contributed by atoms with Crippen molar-refractivity contribution in [3.8, 4) is 0 Å². The van der Waals surface area contributed by atoms with Crippen molar-refractivity contribution in [1.29, 1.82) is 0 Å². The lowest BCUT2D eigenvalue weighted by molar-refractivity contribution is 0.526. The van der Waals surface area contributed by atoms with Crippen LogP contribution < -0.4 is 5.32 Å². The first-order valence-corrected chi connectivity index (χ1v) is 7.03. The van der Waals surface area contributed by atoms with Crippen LogP contribution in [-0.2, 0) is 12.8 Å². The zero-order chi connectivity index (χ0) is 12.4. The van der Waals surface area contributed by atoms with Crippen molar-refractivity contribution >= 4 is 11.0 Å². The molecule has 1 fully saturated rings. The summed E-state index contributed by atoms with van der Waals surface area (Å²) in [5.41, 5.74) is 3.67. The second kappa shape index (κ2) is 5.11. The van der Waals surface area contributed by atoms with Gasteiger partial charge in [-0.05, 0) is 56.0 Å². The average molecular weight is 243 g/mol. The molecule has 0 spiro atoms. The standard InChI is InChI=1S/C15H21N3/c1-2-11-3-5-13-14(9-11)18-15(17-13)6-4-12-7-8-16-10-12/h3,5,9,12,16H,2,4,6-8,10H2,1H3,(H,17,18). The molecule has 0 aliphatic carbocycles. The second-order valence-corrected chi connectivity index (χ2v) is 5.29. The van der Waals surface area contributed by atoms with E-state index in [1.165, 1.54) is 37.0 Å². The first-order valence-electron chi connectivity index (χ1n) is 7.03. The number of hydrogen-bond donors (Lipinski definition) is 2. The summed E-state index contributed by atoms with van der Waals surface area (Å²) in [6.45, 7) is 4.55. The van der Waals surface area contributed by atoms with Crippen LogP contribution in [0.4, 0.5) is 0 Å². The number of rotatable bonds is 4. The quantitative estimate of drug-likeness (QED) is 0.866. The van der Waals surface area contributed by atoms with Crippen molar-refractivity contribution in [1.82, 2.24) is 15.3 Å². The number of nitrogens with one attached hydrogen (secondary N) is 2. The number of aromatic amines is 1. The molecule has 1 saturated heterocycles. The molecule has 3 heteroatoms. The molecule has 1 aromatic heterocycles. The van der Waals surface area contributed by atoms with E-state index in [4.69, 9.17) is 0 Å². The fourth-order valence-corrected chi connectivity index (χ4v) is 2.75. The highest BCUT2D eigenvalue weighted by molar-refractivity contribution is 5.75. The number of imidazole rings is 1. The van der Waals surface area contributed by atoms with Gasteiger partial charge in [-0.25, -0.2) is 4.98 Å². The van der Waals surface area contributed by atoms with Crippen LogP contribution in [0.25, 0.3) is 11.0 Å². The predicted molar refractivity (Wildman–Crippen MR) is 74.8 cm³/mol. The SMILES string of the molecule is CCc1ccc2nc(CCC3CCNC3)[nH]c2c1. The lowest BCUT2D eigenvalue weighted by Crippen LogP contribution is -2.09. The first-order chi connectivity index (χ1) is 8.85. The van der Waals surface area contributed by atoms with Gasteiger partial charge in [-0.15, -0.1) is 0 Å². The summed E-state index contributed by atoms with van der Waals surface area (Å²) in [5.74, 6) is 1.98. The summed E-state index contributed by atoms with van der Waals surface area (Å²) in [6.07, 6.45) is 4.72.